The third-order valence-corrected chi connectivity index (χ3v) is 11.3. The first-order chi connectivity index (χ1) is 29.3. The summed E-state index contributed by atoms with van der Waals surface area (Å²) in [5.74, 6) is -0.807. The van der Waals surface area contributed by atoms with Gasteiger partial charge in [0.15, 0.2) is 25.2 Å². The summed E-state index contributed by atoms with van der Waals surface area (Å²) in [6.07, 6.45) is -42.2. The van der Waals surface area contributed by atoms with Crippen molar-refractivity contribution in [3.8, 4) is 0 Å². The van der Waals surface area contributed by atoms with Crippen molar-refractivity contribution < 1.29 is 128 Å². The van der Waals surface area contributed by atoms with Crippen LogP contribution in [-0.4, -0.2) is 265 Å². The zero-order valence-corrected chi connectivity index (χ0v) is 34.0. The van der Waals surface area contributed by atoms with Gasteiger partial charge < -0.3 is 126 Å². The Balaban J connectivity index is 1.84. The Bertz CT molecular complexity index is 1420. The fourth-order valence-corrected chi connectivity index (χ4v) is 8.05. The van der Waals surface area contributed by atoms with Gasteiger partial charge in [-0.05, 0) is 0 Å². The van der Waals surface area contributed by atoms with Crippen LogP contribution in [0, 0.1) is 0 Å². The second kappa shape index (κ2) is 23.9. The van der Waals surface area contributed by atoms with Crippen molar-refractivity contribution in [2.24, 2.45) is 11.5 Å². The average Bonchev–Trinajstić information content (AvgIpc) is 3.24. The summed E-state index contributed by atoms with van der Waals surface area (Å²) in [6.45, 7) is -4.44. The molecular weight excluding hydrogens is 873 g/mol. The number of phosphoric acid groups is 1. The molecule has 29 nitrogen and oxygen atoms in total. The summed E-state index contributed by atoms with van der Waals surface area (Å²) in [4.78, 5) is 22.5. The number of carbonyl (C=O) groups is 1. The minimum Gasteiger partial charge on any atom is -0.394 e. The van der Waals surface area contributed by atoms with Crippen molar-refractivity contribution in [3.05, 3.63) is 0 Å². The van der Waals surface area contributed by atoms with Crippen LogP contribution in [0.4, 0.5) is 0 Å². The number of rotatable bonds is 21. The lowest BCUT2D eigenvalue weighted by Crippen LogP contribution is -2.70. The minimum atomic E-state index is -5.11. The first kappa shape index (κ1) is 53.3. The maximum atomic E-state index is 12.7. The van der Waals surface area contributed by atoms with Gasteiger partial charge >= 0.3 is 7.82 Å². The van der Waals surface area contributed by atoms with E-state index in [9.17, 15) is 80.6 Å². The summed E-state index contributed by atoms with van der Waals surface area (Å²) in [5, 5.41) is 141. The molecule has 4 saturated heterocycles. The first-order valence-electron chi connectivity index (χ1n) is 19.4. The van der Waals surface area contributed by atoms with Gasteiger partial charge in [-0.25, -0.2) is 4.57 Å². The maximum Gasteiger partial charge on any atom is 0.472 e. The number of phosphoric ester groups is 1. The van der Waals surface area contributed by atoms with Crippen molar-refractivity contribution >= 4 is 13.7 Å². The van der Waals surface area contributed by atoms with Crippen LogP contribution in [0.3, 0.4) is 0 Å². The second-order valence-corrected chi connectivity index (χ2v) is 16.1. The summed E-state index contributed by atoms with van der Waals surface area (Å²) in [6, 6.07) is -1.70. The molecule has 19 N–H and O–H groups in total. The standard InChI is InChI=1S/C32H60N3O26P/c1-10(40)35-15-18(44)16(42)12(7-37)54-29(15)59-27-21(47)20(46)25(14(9-39)61-62(50,51)53-5-3-34)57-32(27)58-26-23(49)30(52-4-2-33)56-24(11(41)6-36)28(26)60-31-22(48)19(45)17(43)13(8-38)55-31/h11-32,36-39,41-49H,2-9,33-34H2,1H3,(H,35,40)(H,50,51)/t11-,12+,13+,14-,15+,16+,17+,18+,19-,20-,21-,22+,23-,24+,25+,26+,27-,28+,29+,30-,31-,32+/m0/s1. The Morgan fingerprint density at radius 1 is 0.645 bits per heavy atom. The fourth-order valence-electron chi connectivity index (χ4n) is 7.12. The number of hydrogen-bond acceptors (Lipinski definition) is 27. The second-order valence-electron chi connectivity index (χ2n) is 14.7. The van der Waals surface area contributed by atoms with Crippen LogP contribution in [0.1, 0.15) is 6.92 Å². The molecule has 1 amide bonds. The molecule has 30 heteroatoms. The molecule has 0 aromatic carbocycles. The van der Waals surface area contributed by atoms with Gasteiger partial charge in [-0.2, -0.15) is 0 Å². The number of nitrogens with two attached hydrogens (primary N) is 2. The third kappa shape index (κ3) is 12.5. The Hall–Kier alpha value is -1.34. The number of amides is 1. The van der Waals surface area contributed by atoms with Crippen LogP contribution in [0.25, 0.3) is 0 Å². The van der Waals surface area contributed by atoms with Crippen LogP contribution in [0.2, 0.25) is 0 Å². The molecule has 0 aliphatic carbocycles. The minimum absolute atomic E-state index is 0.165. The van der Waals surface area contributed by atoms with Crippen molar-refractivity contribution in [2.45, 2.75) is 142 Å². The molecule has 0 spiro atoms. The zero-order chi connectivity index (χ0) is 46.2. The lowest BCUT2D eigenvalue weighted by Gasteiger charge is -2.51. The molecular formula is C32H60N3O26P. The van der Waals surface area contributed by atoms with Gasteiger partial charge in [0, 0.05) is 20.0 Å². The molecule has 0 saturated carbocycles. The SMILES string of the molecule is CC(=O)N[C@H]1[C@@H](O[C@@H]2[C@@H](O[C@@H]3[C@H](O)[C@@H](OCCN)O[C@H]([C@@H](O)CO)[C@H]3O[C@@H]3O[C@H](CO)[C@@H](O)[C@H](O)[C@H]3O)O[C@H]([C@H](CO)OP(=O)(O)OCCN)[C@@H](O)[C@@H]2O)O[C@H](CO)[C@@H](O)[C@@H]1O. The van der Waals surface area contributed by atoms with Gasteiger partial charge in [-0.15, -0.1) is 0 Å². The molecule has 4 rings (SSSR count). The van der Waals surface area contributed by atoms with E-state index in [-0.39, 0.29) is 19.7 Å². The van der Waals surface area contributed by atoms with Crippen molar-refractivity contribution in [1.29, 1.82) is 0 Å². The summed E-state index contributed by atoms with van der Waals surface area (Å²) in [7, 11) is -5.11. The molecule has 62 heavy (non-hydrogen) atoms. The molecule has 4 aliphatic heterocycles. The average molecular weight is 934 g/mol. The van der Waals surface area contributed by atoms with Gasteiger partial charge in [0.25, 0.3) is 0 Å². The van der Waals surface area contributed by atoms with E-state index in [2.05, 4.69) is 5.32 Å². The number of aliphatic hydroxyl groups excluding tert-OH is 13. The van der Waals surface area contributed by atoms with Gasteiger partial charge in [0.1, 0.15) is 110 Å². The maximum absolute atomic E-state index is 12.7. The van der Waals surface area contributed by atoms with Crippen molar-refractivity contribution in [3.63, 3.8) is 0 Å². The Labute approximate surface area is 352 Å². The monoisotopic (exact) mass is 933 g/mol. The van der Waals surface area contributed by atoms with E-state index in [1.54, 1.807) is 0 Å². The lowest BCUT2D eigenvalue weighted by atomic mass is 9.92. The van der Waals surface area contributed by atoms with Crippen molar-refractivity contribution in [1.82, 2.24) is 5.32 Å². The van der Waals surface area contributed by atoms with Gasteiger partial charge in [-0.3, -0.25) is 13.8 Å². The third-order valence-electron chi connectivity index (χ3n) is 10.3. The molecule has 4 aliphatic rings. The highest BCUT2D eigenvalue weighted by atomic mass is 31.2. The smallest absolute Gasteiger partial charge is 0.394 e. The molecule has 0 bridgehead atoms. The highest BCUT2D eigenvalue weighted by molar-refractivity contribution is 7.47. The molecule has 0 aromatic heterocycles. The van der Waals surface area contributed by atoms with Crippen molar-refractivity contribution in [2.75, 3.05) is 52.7 Å². The lowest BCUT2D eigenvalue weighted by molar-refractivity contribution is -0.403. The van der Waals surface area contributed by atoms with Crippen LogP contribution < -0.4 is 16.8 Å². The zero-order valence-electron chi connectivity index (χ0n) is 33.1. The number of hydrogen-bond donors (Lipinski definition) is 17. The number of aliphatic hydroxyl groups is 13. The topological polar surface area (TPSA) is 474 Å². The van der Waals surface area contributed by atoms with Crippen LogP contribution >= 0.6 is 7.82 Å². The van der Waals surface area contributed by atoms with Crippen LogP contribution in [0.5, 0.6) is 0 Å². The van der Waals surface area contributed by atoms with Crippen LogP contribution in [0.15, 0.2) is 0 Å². The molecule has 0 radical (unpaired) electrons. The van der Waals surface area contributed by atoms with Crippen LogP contribution in [-0.2, 0) is 56.3 Å². The molecule has 0 aromatic rings. The summed E-state index contributed by atoms with van der Waals surface area (Å²) < 4.78 is 68.8. The Kier molecular flexibility index (Phi) is 20.5. The predicted octanol–water partition coefficient (Wildman–Crippen LogP) is -10.8. The van der Waals surface area contributed by atoms with E-state index in [0.717, 1.165) is 6.92 Å². The van der Waals surface area contributed by atoms with E-state index in [1.165, 1.54) is 0 Å². The van der Waals surface area contributed by atoms with Gasteiger partial charge in [-0.1, -0.05) is 0 Å². The summed E-state index contributed by atoms with van der Waals surface area (Å²) >= 11 is 0. The molecule has 1 unspecified atom stereocenters. The van der Waals surface area contributed by atoms with E-state index in [1.807, 2.05) is 0 Å². The van der Waals surface area contributed by atoms with Gasteiger partial charge in [0.2, 0.25) is 5.91 Å². The fraction of sp³-hybridized carbons (Fsp3) is 0.969. The van der Waals surface area contributed by atoms with E-state index in [0.29, 0.717) is 0 Å². The molecule has 23 atom stereocenters. The largest absolute Gasteiger partial charge is 0.472 e. The number of ether oxygens (including phenoxy) is 8. The first-order valence-corrected chi connectivity index (χ1v) is 20.9. The quantitative estimate of drug-likeness (QED) is 0.0475. The normalized spacial score (nSPS) is 43.7. The molecule has 4 fully saturated rings. The highest BCUT2D eigenvalue weighted by Crippen LogP contribution is 2.46. The Morgan fingerprint density at radius 2 is 1.21 bits per heavy atom. The van der Waals surface area contributed by atoms with E-state index in [4.69, 9.17) is 58.4 Å². The number of nitrogens with one attached hydrogen (secondary N) is 1. The molecule has 4 heterocycles. The Morgan fingerprint density at radius 3 is 1.77 bits per heavy atom. The highest BCUT2D eigenvalue weighted by Gasteiger charge is 2.58. The molecule has 364 valence electrons. The predicted molar refractivity (Wildman–Crippen MR) is 194 cm³/mol. The van der Waals surface area contributed by atoms with E-state index >= 15 is 0 Å². The summed E-state index contributed by atoms with van der Waals surface area (Å²) in [5.41, 5.74) is 10.9. The van der Waals surface area contributed by atoms with E-state index < -0.39 is 182 Å². The van der Waals surface area contributed by atoms with Gasteiger partial charge in [0.05, 0.1) is 39.6 Å². The number of carbonyl (C=O) groups excluding carboxylic acids is 1.